The average molecular weight is 279 g/mol. The Morgan fingerprint density at radius 2 is 2.00 bits per heavy atom. The van der Waals surface area contributed by atoms with Gasteiger partial charge in [-0.2, -0.15) is 5.10 Å². The fraction of sp³-hybridized carbons (Fsp3) is 0.308. The van der Waals surface area contributed by atoms with E-state index in [0.717, 1.165) is 11.0 Å². The summed E-state index contributed by atoms with van der Waals surface area (Å²) < 4.78 is 1.95. The van der Waals surface area contributed by atoms with Gasteiger partial charge in [0.15, 0.2) is 0 Å². The lowest BCUT2D eigenvalue weighted by molar-refractivity contribution is 0.801. The number of alkyl halides is 1. The number of nitrogens with zero attached hydrogens (tertiary/aromatic N) is 2. The van der Waals surface area contributed by atoms with Gasteiger partial charge in [0.25, 0.3) is 0 Å². The number of benzene rings is 1. The lowest BCUT2D eigenvalue weighted by Crippen LogP contribution is -2.01. The molecule has 0 saturated heterocycles. The molecule has 2 aromatic rings. The minimum absolute atomic E-state index is 0.507. The van der Waals surface area contributed by atoms with E-state index in [4.69, 9.17) is 0 Å². The third kappa shape index (κ3) is 2.19. The molecule has 0 amide bonds. The van der Waals surface area contributed by atoms with Crippen LogP contribution in [-0.4, -0.2) is 9.78 Å². The van der Waals surface area contributed by atoms with Crippen LogP contribution in [-0.2, 0) is 5.33 Å². The van der Waals surface area contributed by atoms with E-state index in [1.165, 1.54) is 11.3 Å². The van der Waals surface area contributed by atoms with Crippen LogP contribution in [0.25, 0.3) is 5.69 Å². The molecule has 0 fully saturated rings. The van der Waals surface area contributed by atoms with Crippen LogP contribution in [0.5, 0.6) is 0 Å². The summed E-state index contributed by atoms with van der Waals surface area (Å²) in [6.07, 6.45) is 2.01. The van der Waals surface area contributed by atoms with Crippen molar-refractivity contribution in [2.45, 2.75) is 25.1 Å². The summed E-state index contributed by atoms with van der Waals surface area (Å²) in [7, 11) is 0. The predicted molar refractivity (Wildman–Crippen MR) is 70.3 cm³/mol. The molecule has 2 nitrogen and oxygen atoms in total. The molecular weight excluding hydrogens is 264 g/mol. The predicted octanol–water partition coefficient (Wildman–Crippen LogP) is 3.89. The summed E-state index contributed by atoms with van der Waals surface area (Å²) in [5.74, 6) is 0.507. The Morgan fingerprint density at radius 1 is 1.25 bits per heavy atom. The molecule has 1 aromatic heterocycles. The molecule has 0 radical (unpaired) electrons. The molecule has 1 aromatic carbocycles. The third-order valence-corrected chi connectivity index (χ3v) is 3.16. The highest BCUT2D eigenvalue weighted by Gasteiger charge is 2.08. The number of hydrogen-bond donors (Lipinski definition) is 0. The highest BCUT2D eigenvalue weighted by molar-refractivity contribution is 9.08. The van der Waals surface area contributed by atoms with Crippen molar-refractivity contribution < 1.29 is 0 Å². The van der Waals surface area contributed by atoms with Crippen LogP contribution >= 0.6 is 15.9 Å². The summed E-state index contributed by atoms with van der Waals surface area (Å²) in [6.45, 7) is 4.40. The number of hydrogen-bond acceptors (Lipinski definition) is 1. The summed E-state index contributed by atoms with van der Waals surface area (Å²) in [5.41, 5.74) is 3.55. The lowest BCUT2D eigenvalue weighted by Gasteiger charge is -2.12. The molecule has 16 heavy (non-hydrogen) atoms. The van der Waals surface area contributed by atoms with E-state index in [9.17, 15) is 0 Å². The van der Waals surface area contributed by atoms with E-state index < -0.39 is 0 Å². The van der Waals surface area contributed by atoms with Gasteiger partial charge in [-0.15, -0.1) is 0 Å². The van der Waals surface area contributed by atoms with Crippen LogP contribution in [0.3, 0.4) is 0 Å². The average Bonchev–Trinajstić information content (AvgIpc) is 2.77. The molecule has 0 N–H and O–H groups in total. The van der Waals surface area contributed by atoms with Crippen LogP contribution in [0.15, 0.2) is 36.5 Å². The fourth-order valence-electron chi connectivity index (χ4n) is 1.75. The number of halogens is 1. The van der Waals surface area contributed by atoms with Gasteiger partial charge in [-0.3, -0.25) is 0 Å². The highest BCUT2D eigenvalue weighted by atomic mass is 79.9. The van der Waals surface area contributed by atoms with Crippen molar-refractivity contribution in [3.8, 4) is 5.69 Å². The van der Waals surface area contributed by atoms with E-state index in [1.807, 2.05) is 16.9 Å². The second kappa shape index (κ2) is 4.83. The Balaban J connectivity index is 2.46. The van der Waals surface area contributed by atoms with Crippen molar-refractivity contribution in [1.82, 2.24) is 9.78 Å². The SMILES string of the molecule is CC(C)c1ccccc1-n1ccc(CBr)n1. The molecule has 0 bridgehead atoms. The van der Waals surface area contributed by atoms with Crippen LogP contribution in [0.1, 0.15) is 31.0 Å². The van der Waals surface area contributed by atoms with Crippen LogP contribution in [0.2, 0.25) is 0 Å². The van der Waals surface area contributed by atoms with Gasteiger partial charge in [0.05, 0.1) is 11.4 Å². The maximum Gasteiger partial charge on any atom is 0.0734 e. The molecule has 0 unspecified atom stereocenters. The highest BCUT2D eigenvalue weighted by Crippen LogP contribution is 2.22. The quantitative estimate of drug-likeness (QED) is 0.779. The van der Waals surface area contributed by atoms with Crippen molar-refractivity contribution in [3.63, 3.8) is 0 Å². The van der Waals surface area contributed by atoms with E-state index in [2.05, 4.69) is 59.1 Å². The molecule has 0 aliphatic carbocycles. The van der Waals surface area contributed by atoms with Crippen molar-refractivity contribution in [3.05, 3.63) is 47.8 Å². The van der Waals surface area contributed by atoms with Crippen LogP contribution in [0.4, 0.5) is 0 Å². The molecule has 3 heteroatoms. The van der Waals surface area contributed by atoms with E-state index in [0.29, 0.717) is 5.92 Å². The zero-order chi connectivity index (χ0) is 11.5. The first-order valence-electron chi connectivity index (χ1n) is 5.42. The van der Waals surface area contributed by atoms with Gasteiger partial charge in [-0.1, -0.05) is 48.0 Å². The maximum absolute atomic E-state index is 4.51. The number of aromatic nitrogens is 2. The lowest BCUT2D eigenvalue weighted by atomic mass is 10.0. The first-order valence-corrected chi connectivity index (χ1v) is 6.54. The largest absolute Gasteiger partial charge is 0.240 e. The molecule has 0 saturated carbocycles. The van der Waals surface area contributed by atoms with E-state index in [1.54, 1.807) is 0 Å². The van der Waals surface area contributed by atoms with Gasteiger partial charge in [0.2, 0.25) is 0 Å². The number of para-hydroxylation sites is 1. The zero-order valence-corrected chi connectivity index (χ0v) is 11.1. The van der Waals surface area contributed by atoms with Gasteiger partial charge < -0.3 is 0 Å². The standard InChI is InChI=1S/C13H15BrN2/c1-10(2)12-5-3-4-6-13(12)16-8-7-11(9-14)15-16/h3-8,10H,9H2,1-2H3. The second-order valence-corrected chi connectivity index (χ2v) is 4.66. The molecule has 0 aliphatic rings. The Bertz CT molecular complexity index is 474. The van der Waals surface area contributed by atoms with Crippen molar-refractivity contribution in [1.29, 1.82) is 0 Å². The summed E-state index contributed by atoms with van der Waals surface area (Å²) >= 11 is 3.41. The molecular formula is C13H15BrN2. The summed E-state index contributed by atoms with van der Waals surface area (Å²) in [5, 5.41) is 5.31. The first-order chi connectivity index (χ1) is 7.72. The van der Waals surface area contributed by atoms with Crippen molar-refractivity contribution in [2.75, 3.05) is 0 Å². The fourth-order valence-corrected chi connectivity index (χ4v) is 2.05. The van der Waals surface area contributed by atoms with Gasteiger partial charge in [0, 0.05) is 11.5 Å². The maximum atomic E-state index is 4.51. The van der Waals surface area contributed by atoms with Gasteiger partial charge in [-0.25, -0.2) is 4.68 Å². The van der Waals surface area contributed by atoms with Gasteiger partial charge in [0.1, 0.15) is 0 Å². The minimum Gasteiger partial charge on any atom is -0.240 e. The van der Waals surface area contributed by atoms with Crippen molar-refractivity contribution >= 4 is 15.9 Å². The molecule has 0 atom stereocenters. The molecule has 1 heterocycles. The Morgan fingerprint density at radius 3 is 2.62 bits per heavy atom. The van der Waals surface area contributed by atoms with E-state index in [-0.39, 0.29) is 0 Å². The summed E-state index contributed by atoms with van der Waals surface area (Å²) in [6, 6.07) is 10.4. The molecule has 84 valence electrons. The monoisotopic (exact) mass is 278 g/mol. The normalized spacial score (nSPS) is 11.0. The Kier molecular flexibility index (Phi) is 3.44. The van der Waals surface area contributed by atoms with Crippen LogP contribution < -0.4 is 0 Å². The molecule has 0 aliphatic heterocycles. The van der Waals surface area contributed by atoms with Crippen molar-refractivity contribution in [2.24, 2.45) is 0 Å². The smallest absolute Gasteiger partial charge is 0.0734 e. The van der Waals surface area contributed by atoms with Crippen LogP contribution in [0, 0.1) is 0 Å². The van der Waals surface area contributed by atoms with Gasteiger partial charge in [-0.05, 0) is 23.6 Å². The third-order valence-electron chi connectivity index (χ3n) is 2.59. The van der Waals surface area contributed by atoms with Gasteiger partial charge >= 0.3 is 0 Å². The summed E-state index contributed by atoms with van der Waals surface area (Å²) in [4.78, 5) is 0. The van der Waals surface area contributed by atoms with E-state index >= 15 is 0 Å². The topological polar surface area (TPSA) is 17.8 Å². The molecule has 0 spiro atoms. The molecule has 2 rings (SSSR count). The first kappa shape index (κ1) is 11.4. The Hall–Kier alpha value is -1.09. The second-order valence-electron chi connectivity index (χ2n) is 4.10. The zero-order valence-electron chi connectivity index (χ0n) is 9.52. The Labute approximate surface area is 104 Å². The number of rotatable bonds is 3. The minimum atomic E-state index is 0.507.